The Balaban J connectivity index is 2.03. The molecule has 2 atom stereocenters. The SMILES string of the molecule is C1NC2CNC12. The number of hydrogen-bond acceptors (Lipinski definition) is 2. The van der Waals surface area contributed by atoms with E-state index in [4.69, 9.17) is 0 Å². The van der Waals surface area contributed by atoms with Gasteiger partial charge in [0.2, 0.25) is 0 Å². The van der Waals surface area contributed by atoms with Gasteiger partial charge in [-0.1, -0.05) is 0 Å². The molecule has 0 saturated carbocycles. The van der Waals surface area contributed by atoms with Gasteiger partial charge in [-0.2, -0.15) is 0 Å². The monoisotopic (exact) mass is 84.1 g/mol. The molecule has 0 aliphatic carbocycles. The van der Waals surface area contributed by atoms with E-state index in [1.165, 1.54) is 13.1 Å². The lowest BCUT2D eigenvalue weighted by Gasteiger charge is -2.48. The van der Waals surface area contributed by atoms with Crippen molar-refractivity contribution < 1.29 is 0 Å². The molecule has 2 fully saturated rings. The summed E-state index contributed by atoms with van der Waals surface area (Å²) < 4.78 is 0. The fourth-order valence-electron chi connectivity index (χ4n) is 0.949. The van der Waals surface area contributed by atoms with Crippen LogP contribution in [0.3, 0.4) is 0 Å². The molecular formula is C4H8N2. The van der Waals surface area contributed by atoms with Crippen molar-refractivity contribution in [3.63, 3.8) is 0 Å². The Labute approximate surface area is 36.9 Å². The maximum atomic E-state index is 3.28. The van der Waals surface area contributed by atoms with Gasteiger partial charge < -0.3 is 10.6 Å². The molecule has 2 aliphatic rings. The number of hydrogen-bond donors (Lipinski definition) is 2. The fourth-order valence-corrected chi connectivity index (χ4v) is 0.949. The van der Waals surface area contributed by atoms with Crippen LogP contribution in [0.1, 0.15) is 0 Å². The number of fused-ring (bicyclic) bond motifs is 1. The van der Waals surface area contributed by atoms with Gasteiger partial charge in [0.1, 0.15) is 0 Å². The van der Waals surface area contributed by atoms with Crippen LogP contribution in [-0.4, -0.2) is 25.2 Å². The van der Waals surface area contributed by atoms with Crippen LogP contribution in [0.5, 0.6) is 0 Å². The second-order valence-corrected chi connectivity index (χ2v) is 2.03. The predicted octanol–water partition coefficient (Wildman–Crippen LogP) is -1.07. The van der Waals surface area contributed by atoms with Crippen molar-refractivity contribution >= 4 is 0 Å². The molecule has 0 aromatic carbocycles. The minimum atomic E-state index is 0.852. The second kappa shape index (κ2) is 0.768. The Morgan fingerprint density at radius 3 is 1.50 bits per heavy atom. The van der Waals surface area contributed by atoms with E-state index in [1.54, 1.807) is 0 Å². The van der Waals surface area contributed by atoms with Gasteiger partial charge in [-0.15, -0.1) is 0 Å². The van der Waals surface area contributed by atoms with Gasteiger partial charge in [0, 0.05) is 25.2 Å². The minimum Gasteiger partial charge on any atom is -0.310 e. The smallest absolute Gasteiger partial charge is 0.0359 e. The zero-order chi connectivity index (χ0) is 3.98. The highest BCUT2D eigenvalue weighted by atomic mass is 15.2. The summed E-state index contributed by atoms with van der Waals surface area (Å²) in [4.78, 5) is 0. The number of piperazine rings is 1. The van der Waals surface area contributed by atoms with E-state index in [0.29, 0.717) is 0 Å². The van der Waals surface area contributed by atoms with Crippen LogP contribution >= 0.6 is 0 Å². The van der Waals surface area contributed by atoms with Crippen molar-refractivity contribution in [1.82, 2.24) is 10.6 Å². The van der Waals surface area contributed by atoms with E-state index in [0.717, 1.165) is 12.1 Å². The minimum absolute atomic E-state index is 0.852. The summed E-state index contributed by atoms with van der Waals surface area (Å²) in [6, 6.07) is 1.70. The van der Waals surface area contributed by atoms with Crippen LogP contribution in [0, 0.1) is 0 Å². The van der Waals surface area contributed by atoms with E-state index in [1.807, 2.05) is 0 Å². The molecule has 0 amide bonds. The average molecular weight is 84.1 g/mol. The van der Waals surface area contributed by atoms with Gasteiger partial charge in [-0.25, -0.2) is 0 Å². The molecular weight excluding hydrogens is 76.1 g/mol. The quantitative estimate of drug-likeness (QED) is 0.390. The van der Waals surface area contributed by atoms with Gasteiger partial charge >= 0.3 is 0 Å². The first-order valence-electron chi connectivity index (χ1n) is 2.43. The van der Waals surface area contributed by atoms with Crippen molar-refractivity contribution in [1.29, 1.82) is 0 Å². The van der Waals surface area contributed by atoms with Crippen LogP contribution in [0.15, 0.2) is 0 Å². The van der Waals surface area contributed by atoms with Crippen molar-refractivity contribution in [2.24, 2.45) is 0 Å². The first-order valence-corrected chi connectivity index (χ1v) is 2.43. The molecule has 0 spiro atoms. The van der Waals surface area contributed by atoms with Crippen LogP contribution < -0.4 is 10.6 Å². The van der Waals surface area contributed by atoms with Crippen molar-refractivity contribution in [2.75, 3.05) is 13.1 Å². The highest BCUT2D eigenvalue weighted by molar-refractivity contribution is 5.03. The van der Waals surface area contributed by atoms with E-state index >= 15 is 0 Å². The maximum absolute atomic E-state index is 3.28. The molecule has 6 heavy (non-hydrogen) atoms. The molecule has 0 radical (unpaired) electrons. The molecule has 2 heterocycles. The topological polar surface area (TPSA) is 24.1 Å². The molecule has 2 heteroatoms. The van der Waals surface area contributed by atoms with Crippen LogP contribution in [0.2, 0.25) is 0 Å². The fraction of sp³-hybridized carbons (Fsp3) is 1.00. The molecule has 0 aromatic rings. The molecule has 2 unspecified atom stereocenters. The van der Waals surface area contributed by atoms with Crippen LogP contribution in [0.25, 0.3) is 0 Å². The third kappa shape index (κ3) is 0.172. The summed E-state index contributed by atoms with van der Waals surface area (Å²) in [6.07, 6.45) is 0. The Hall–Kier alpha value is -0.0800. The first-order chi connectivity index (χ1) is 2.97. The summed E-state index contributed by atoms with van der Waals surface area (Å²) in [7, 11) is 0. The Morgan fingerprint density at radius 2 is 1.50 bits per heavy atom. The summed E-state index contributed by atoms with van der Waals surface area (Å²) >= 11 is 0. The van der Waals surface area contributed by atoms with E-state index in [2.05, 4.69) is 10.6 Å². The third-order valence-corrected chi connectivity index (χ3v) is 1.69. The molecule has 2 saturated heterocycles. The number of nitrogens with one attached hydrogen (secondary N) is 2. The Bertz CT molecular complexity index is 53.9. The van der Waals surface area contributed by atoms with E-state index < -0.39 is 0 Å². The normalized spacial score (nSPS) is 52.0. The molecule has 2 nitrogen and oxygen atoms in total. The van der Waals surface area contributed by atoms with Crippen molar-refractivity contribution in [2.45, 2.75) is 12.1 Å². The summed E-state index contributed by atoms with van der Waals surface area (Å²) in [5.74, 6) is 0. The van der Waals surface area contributed by atoms with Crippen molar-refractivity contribution in [3.05, 3.63) is 0 Å². The summed E-state index contributed by atoms with van der Waals surface area (Å²) in [6.45, 7) is 2.40. The van der Waals surface area contributed by atoms with E-state index in [9.17, 15) is 0 Å². The highest BCUT2D eigenvalue weighted by Crippen LogP contribution is 2.10. The Morgan fingerprint density at radius 1 is 1.00 bits per heavy atom. The molecule has 2 N–H and O–H groups in total. The highest BCUT2D eigenvalue weighted by Gasteiger charge is 2.37. The lowest BCUT2D eigenvalue weighted by molar-refractivity contribution is 0.164. The van der Waals surface area contributed by atoms with E-state index in [-0.39, 0.29) is 0 Å². The lowest BCUT2D eigenvalue weighted by Crippen LogP contribution is -2.76. The summed E-state index contributed by atoms with van der Waals surface area (Å²) in [5, 5.41) is 6.56. The molecule has 34 valence electrons. The third-order valence-electron chi connectivity index (χ3n) is 1.69. The predicted molar refractivity (Wildman–Crippen MR) is 23.6 cm³/mol. The van der Waals surface area contributed by atoms with Gasteiger partial charge in [-0.3, -0.25) is 0 Å². The number of rotatable bonds is 0. The van der Waals surface area contributed by atoms with Crippen LogP contribution in [0.4, 0.5) is 0 Å². The van der Waals surface area contributed by atoms with Gasteiger partial charge in [0.25, 0.3) is 0 Å². The average Bonchev–Trinajstić information content (AvgIpc) is 1.54. The Kier molecular flexibility index (Phi) is 0.383. The first kappa shape index (κ1) is 2.99. The second-order valence-electron chi connectivity index (χ2n) is 2.03. The molecule has 0 bridgehead atoms. The molecule has 0 aromatic heterocycles. The lowest BCUT2D eigenvalue weighted by atomic mass is 9.93. The van der Waals surface area contributed by atoms with Gasteiger partial charge in [0.05, 0.1) is 0 Å². The maximum Gasteiger partial charge on any atom is 0.0359 e. The zero-order valence-corrected chi connectivity index (χ0v) is 3.57. The molecule has 2 rings (SSSR count). The zero-order valence-electron chi connectivity index (χ0n) is 3.57. The molecule has 2 aliphatic heterocycles. The largest absolute Gasteiger partial charge is 0.310 e. The standard InChI is InChI=1S/C4H8N2/c1-3-4(5-1)2-6-3/h3-6H,1-2H2. The van der Waals surface area contributed by atoms with Crippen molar-refractivity contribution in [3.8, 4) is 0 Å². The summed E-state index contributed by atoms with van der Waals surface area (Å²) in [5.41, 5.74) is 0. The van der Waals surface area contributed by atoms with Gasteiger partial charge in [0.15, 0.2) is 0 Å². The van der Waals surface area contributed by atoms with Gasteiger partial charge in [-0.05, 0) is 0 Å². The van der Waals surface area contributed by atoms with Crippen LogP contribution in [-0.2, 0) is 0 Å².